The molecule has 1 atom stereocenters. The number of hydrogen-bond donors (Lipinski definition) is 3. The number of rotatable bonds is 9. The van der Waals surface area contributed by atoms with E-state index in [4.69, 9.17) is 14.9 Å². The molecule has 0 aromatic carbocycles. The second-order valence-electron chi connectivity index (χ2n) is 11.2. The number of hydrogen-bond acceptors (Lipinski definition) is 6. The van der Waals surface area contributed by atoms with E-state index in [2.05, 4.69) is 31.1 Å². The van der Waals surface area contributed by atoms with Crippen LogP contribution in [0, 0.1) is 17.8 Å². The van der Waals surface area contributed by atoms with E-state index in [1.807, 2.05) is 9.47 Å². The highest BCUT2D eigenvalue weighted by atomic mass is 19.4. The van der Waals surface area contributed by atoms with Crippen molar-refractivity contribution in [1.82, 2.24) is 29.3 Å². The van der Waals surface area contributed by atoms with Crippen molar-refractivity contribution in [1.29, 1.82) is 0 Å². The molecule has 14 heteroatoms. The average molecular weight is 587 g/mol. The number of amides is 1. The number of carboxylic acids is 1. The van der Waals surface area contributed by atoms with E-state index < -0.39 is 23.4 Å². The van der Waals surface area contributed by atoms with E-state index in [0.717, 1.165) is 63.7 Å². The molecule has 1 unspecified atom stereocenters. The van der Waals surface area contributed by atoms with Crippen LogP contribution in [0.15, 0.2) is 9.59 Å². The van der Waals surface area contributed by atoms with Gasteiger partial charge in [0.05, 0.1) is 0 Å². The summed E-state index contributed by atoms with van der Waals surface area (Å²) in [5.74, 6) is -0.106. The number of nitrogens with one attached hydrogen (secondary N) is 2. The SMILES string of the molecule is CCCCn1c(=O)[nH]c(=O)c2c1nc(CCC(=O)N1CCC(C3CCNC3)CC1)n2CC(C)C.O=C(O)C(F)(F)F. The highest BCUT2D eigenvalue weighted by molar-refractivity contribution is 5.77. The van der Waals surface area contributed by atoms with Crippen LogP contribution in [-0.4, -0.2) is 73.3 Å². The standard InChI is InChI=1S/C25H40N6O3.C2HF3O2/c1-4-5-12-30-23-22(24(33)28-25(30)34)31(16-17(2)3)20(27-23)6-7-21(32)29-13-9-18(10-14-29)19-8-11-26-15-19;3-2(4,5)1(6)7/h17-19,26H,4-16H2,1-3H3,(H,28,33,34);(H,6,7). The molecule has 2 aliphatic heterocycles. The molecule has 0 radical (unpaired) electrons. The third-order valence-corrected chi connectivity index (χ3v) is 7.71. The van der Waals surface area contributed by atoms with Crippen molar-refractivity contribution in [2.75, 3.05) is 26.2 Å². The monoisotopic (exact) mass is 586 g/mol. The van der Waals surface area contributed by atoms with Gasteiger partial charge in [-0.25, -0.2) is 14.6 Å². The lowest BCUT2D eigenvalue weighted by atomic mass is 9.84. The van der Waals surface area contributed by atoms with Gasteiger partial charge in [0.1, 0.15) is 5.82 Å². The molecule has 2 aliphatic rings. The van der Waals surface area contributed by atoms with Gasteiger partial charge in [0.15, 0.2) is 11.2 Å². The maximum Gasteiger partial charge on any atom is 0.490 e. The number of imidazole rings is 1. The smallest absolute Gasteiger partial charge is 0.475 e. The topological polar surface area (TPSA) is 142 Å². The van der Waals surface area contributed by atoms with E-state index >= 15 is 0 Å². The van der Waals surface area contributed by atoms with Crippen LogP contribution in [0.4, 0.5) is 13.2 Å². The van der Waals surface area contributed by atoms with Crippen molar-refractivity contribution in [2.24, 2.45) is 17.8 Å². The third kappa shape index (κ3) is 8.43. The second kappa shape index (κ2) is 14.1. The van der Waals surface area contributed by atoms with Crippen molar-refractivity contribution in [3.63, 3.8) is 0 Å². The van der Waals surface area contributed by atoms with E-state index in [-0.39, 0.29) is 5.91 Å². The summed E-state index contributed by atoms with van der Waals surface area (Å²) in [4.78, 5) is 56.4. The Morgan fingerprint density at radius 1 is 1.10 bits per heavy atom. The second-order valence-corrected chi connectivity index (χ2v) is 11.2. The van der Waals surface area contributed by atoms with Gasteiger partial charge in [-0.2, -0.15) is 13.2 Å². The first-order chi connectivity index (χ1) is 19.3. The number of H-pyrrole nitrogens is 1. The van der Waals surface area contributed by atoms with E-state index in [0.29, 0.717) is 48.8 Å². The Balaban J connectivity index is 0.000000587. The number of likely N-dealkylation sites (tertiary alicyclic amines) is 1. The Morgan fingerprint density at radius 3 is 2.29 bits per heavy atom. The summed E-state index contributed by atoms with van der Waals surface area (Å²) in [6.07, 6.45) is 0.954. The van der Waals surface area contributed by atoms with Crippen molar-refractivity contribution < 1.29 is 27.9 Å². The number of aliphatic carboxylic acids is 1. The molecule has 1 amide bonds. The quantitative estimate of drug-likeness (QED) is 0.410. The van der Waals surface area contributed by atoms with Gasteiger partial charge in [-0.1, -0.05) is 27.2 Å². The number of nitrogens with zero attached hydrogens (tertiary/aromatic N) is 4. The van der Waals surface area contributed by atoms with Gasteiger partial charge in [0, 0.05) is 39.0 Å². The molecule has 3 N–H and O–H groups in total. The van der Waals surface area contributed by atoms with Crippen molar-refractivity contribution in [3.05, 3.63) is 26.7 Å². The molecule has 2 fully saturated rings. The van der Waals surface area contributed by atoms with E-state index in [1.165, 1.54) is 6.42 Å². The van der Waals surface area contributed by atoms with Crippen molar-refractivity contribution in [3.8, 4) is 0 Å². The first kappa shape index (κ1) is 32.4. The fourth-order valence-electron chi connectivity index (χ4n) is 5.57. The molecule has 41 heavy (non-hydrogen) atoms. The molecule has 230 valence electrons. The predicted molar refractivity (Wildman–Crippen MR) is 147 cm³/mol. The Bertz CT molecular complexity index is 1300. The van der Waals surface area contributed by atoms with Crippen LogP contribution in [0.5, 0.6) is 0 Å². The molecule has 2 aromatic rings. The molecular formula is C27H41F3N6O5. The largest absolute Gasteiger partial charge is 0.490 e. The van der Waals surface area contributed by atoms with Crippen molar-refractivity contribution >= 4 is 23.0 Å². The summed E-state index contributed by atoms with van der Waals surface area (Å²) >= 11 is 0. The molecule has 4 heterocycles. The lowest BCUT2D eigenvalue weighted by molar-refractivity contribution is -0.192. The number of carboxylic acid groups (broad SMARTS) is 1. The summed E-state index contributed by atoms with van der Waals surface area (Å²) < 4.78 is 35.2. The van der Waals surface area contributed by atoms with Gasteiger partial charge in [0.25, 0.3) is 5.56 Å². The first-order valence-corrected chi connectivity index (χ1v) is 14.3. The minimum Gasteiger partial charge on any atom is -0.475 e. The normalized spacial score (nSPS) is 18.1. The van der Waals surface area contributed by atoms with Gasteiger partial charge in [-0.15, -0.1) is 0 Å². The zero-order valence-electron chi connectivity index (χ0n) is 23.9. The number of carbonyl (C=O) groups excluding carboxylic acids is 1. The number of carbonyl (C=O) groups is 2. The van der Waals surface area contributed by atoms with Gasteiger partial charge < -0.3 is 19.9 Å². The molecule has 2 aromatic heterocycles. The van der Waals surface area contributed by atoms with Crippen LogP contribution in [0.3, 0.4) is 0 Å². The number of piperidine rings is 1. The summed E-state index contributed by atoms with van der Waals surface area (Å²) in [7, 11) is 0. The van der Waals surface area contributed by atoms with Crippen LogP contribution in [-0.2, 0) is 29.1 Å². The molecule has 11 nitrogen and oxygen atoms in total. The van der Waals surface area contributed by atoms with Crippen LogP contribution < -0.4 is 16.6 Å². The number of alkyl halides is 3. The highest BCUT2D eigenvalue weighted by Gasteiger charge is 2.38. The van der Waals surface area contributed by atoms with E-state index in [9.17, 15) is 27.6 Å². The maximum atomic E-state index is 13.0. The number of aromatic nitrogens is 4. The van der Waals surface area contributed by atoms with Gasteiger partial charge in [-0.05, 0) is 56.5 Å². The minimum absolute atomic E-state index is 0.156. The molecule has 0 spiro atoms. The van der Waals surface area contributed by atoms with Crippen LogP contribution in [0.2, 0.25) is 0 Å². The molecule has 2 saturated heterocycles. The Kier molecular flexibility index (Phi) is 11.2. The number of halogens is 3. The molecule has 0 saturated carbocycles. The van der Waals surface area contributed by atoms with Crippen LogP contribution >= 0.6 is 0 Å². The number of fused-ring (bicyclic) bond motifs is 1. The molecule has 0 aliphatic carbocycles. The summed E-state index contributed by atoms with van der Waals surface area (Å²) in [5.41, 5.74) is 0.0687. The van der Waals surface area contributed by atoms with Gasteiger partial charge in [-0.3, -0.25) is 19.1 Å². The fraction of sp³-hybridized carbons (Fsp3) is 0.741. The summed E-state index contributed by atoms with van der Waals surface area (Å²) in [6, 6.07) is 0. The number of aromatic amines is 1. The molecule has 4 rings (SSSR count). The Hall–Kier alpha value is -3.16. The highest BCUT2D eigenvalue weighted by Crippen LogP contribution is 2.29. The van der Waals surface area contributed by atoms with Gasteiger partial charge in [0.2, 0.25) is 5.91 Å². The summed E-state index contributed by atoms with van der Waals surface area (Å²) in [6.45, 7) is 11.3. The molecular weight excluding hydrogens is 545 g/mol. The third-order valence-electron chi connectivity index (χ3n) is 7.71. The zero-order valence-corrected chi connectivity index (χ0v) is 23.9. The van der Waals surface area contributed by atoms with Crippen molar-refractivity contribution in [2.45, 2.75) is 85.0 Å². The number of unbranched alkanes of at least 4 members (excludes halogenated alkanes) is 1. The van der Waals surface area contributed by atoms with E-state index in [1.54, 1.807) is 4.57 Å². The molecule has 0 bridgehead atoms. The van der Waals surface area contributed by atoms with Crippen LogP contribution in [0.25, 0.3) is 11.2 Å². The Morgan fingerprint density at radius 2 is 1.76 bits per heavy atom. The zero-order chi connectivity index (χ0) is 30.3. The first-order valence-electron chi connectivity index (χ1n) is 14.3. The average Bonchev–Trinajstić information content (AvgIpc) is 3.56. The predicted octanol–water partition coefficient (Wildman–Crippen LogP) is 2.76. The lowest BCUT2D eigenvalue weighted by Gasteiger charge is -2.34. The summed E-state index contributed by atoms with van der Waals surface area (Å²) in [5, 5.41) is 10.6. The number of aryl methyl sites for hydroxylation is 2. The van der Waals surface area contributed by atoms with Crippen LogP contribution in [0.1, 0.15) is 65.1 Å². The Labute approximate surface area is 236 Å². The maximum absolute atomic E-state index is 13.0. The minimum atomic E-state index is -5.08. The van der Waals surface area contributed by atoms with Gasteiger partial charge >= 0.3 is 17.8 Å². The lowest BCUT2D eigenvalue weighted by Crippen LogP contribution is -2.40. The fourth-order valence-corrected chi connectivity index (χ4v) is 5.57.